The lowest BCUT2D eigenvalue weighted by atomic mass is 9.76. The Bertz CT molecular complexity index is 112. The van der Waals surface area contributed by atoms with Crippen molar-refractivity contribution in [3.63, 3.8) is 0 Å². The van der Waals surface area contributed by atoms with Gasteiger partial charge in [-0.15, -0.1) is 0 Å². The zero-order valence-corrected chi connectivity index (χ0v) is 11.0. The molecule has 1 radical (unpaired) electrons. The number of nitrogens with one attached hydrogen (secondary N) is 1. The first-order valence-electron chi connectivity index (χ1n) is 6.55. The van der Waals surface area contributed by atoms with E-state index in [1.807, 2.05) is 0 Å². The van der Waals surface area contributed by atoms with E-state index in [0.717, 1.165) is 39.3 Å². The quantitative estimate of drug-likeness (QED) is 0.386. The van der Waals surface area contributed by atoms with Gasteiger partial charge in [0.15, 0.2) is 0 Å². The molecule has 95 valence electrons. The first-order chi connectivity index (χ1) is 7.91. The van der Waals surface area contributed by atoms with Crippen LogP contribution in [0.4, 0.5) is 0 Å². The van der Waals surface area contributed by atoms with Gasteiger partial charge in [0.2, 0.25) is 0 Å². The average Bonchev–Trinajstić information content (AvgIpc) is 2.31. The fraction of sp³-hybridized carbons (Fsp3) is 1.00. The summed E-state index contributed by atoms with van der Waals surface area (Å²) in [5.74, 6) is 0. The normalized spacial score (nSPS) is 10.6. The van der Waals surface area contributed by atoms with Gasteiger partial charge in [0.1, 0.15) is 7.28 Å². The third kappa shape index (κ3) is 13.9. The molecule has 0 aromatic carbocycles. The summed E-state index contributed by atoms with van der Waals surface area (Å²) in [6.45, 7) is 9.38. The molecule has 0 atom stereocenters. The Morgan fingerprint density at radius 3 is 2.38 bits per heavy atom. The molecule has 0 rings (SSSR count). The molecule has 4 heteroatoms. The van der Waals surface area contributed by atoms with Gasteiger partial charge in [0.05, 0.1) is 19.8 Å². The molecule has 0 fully saturated rings. The second kappa shape index (κ2) is 14.9. The molecule has 0 amide bonds. The Labute approximate surface area is 102 Å². The molecule has 0 spiro atoms. The molecule has 0 saturated heterocycles. The molecule has 16 heavy (non-hydrogen) atoms. The molecule has 3 nitrogen and oxygen atoms in total. The van der Waals surface area contributed by atoms with Crippen molar-refractivity contribution in [3.05, 3.63) is 0 Å². The minimum atomic E-state index is 0.716. The highest BCUT2D eigenvalue weighted by atomic mass is 16.5. The number of hydrogen-bond acceptors (Lipinski definition) is 3. The van der Waals surface area contributed by atoms with Crippen LogP contribution < -0.4 is 5.32 Å². The molecular formula is C12H27BNO2. The Hall–Kier alpha value is -0.0551. The third-order valence-corrected chi connectivity index (χ3v) is 2.25. The molecule has 0 aliphatic rings. The zero-order chi connectivity index (χ0) is 11.9. The van der Waals surface area contributed by atoms with E-state index in [0.29, 0.717) is 6.61 Å². The Kier molecular flexibility index (Phi) is 14.9. The number of hydrogen-bond donors (Lipinski definition) is 1. The maximum atomic E-state index is 5.45. The van der Waals surface area contributed by atoms with Gasteiger partial charge in [-0.3, -0.25) is 0 Å². The lowest BCUT2D eigenvalue weighted by Gasteiger charge is -2.06. The van der Waals surface area contributed by atoms with Crippen molar-refractivity contribution in [1.29, 1.82) is 0 Å². The topological polar surface area (TPSA) is 30.5 Å². The Morgan fingerprint density at radius 1 is 0.938 bits per heavy atom. The van der Waals surface area contributed by atoms with Crippen LogP contribution in [0.1, 0.15) is 26.2 Å². The summed E-state index contributed by atoms with van der Waals surface area (Å²) < 4.78 is 10.9. The molecule has 0 unspecified atom stereocenters. The maximum absolute atomic E-state index is 5.45. The van der Waals surface area contributed by atoms with Gasteiger partial charge in [0, 0.05) is 13.2 Å². The second-order valence-corrected chi connectivity index (χ2v) is 3.88. The van der Waals surface area contributed by atoms with Gasteiger partial charge in [0.25, 0.3) is 0 Å². The number of ether oxygens (including phenoxy) is 2. The van der Waals surface area contributed by atoms with Crippen LogP contribution in [0.25, 0.3) is 0 Å². The molecule has 0 bridgehead atoms. The predicted molar refractivity (Wildman–Crippen MR) is 70.5 cm³/mol. The number of unbranched alkanes of at least 4 members (excludes halogenated alkanes) is 1. The van der Waals surface area contributed by atoms with E-state index in [1.165, 1.54) is 19.2 Å². The fourth-order valence-corrected chi connectivity index (χ4v) is 1.32. The van der Waals surface area contributed by atoms with Gasteiger partial charge in [-0.2, -0.15) is 0 Å². The first kappa shape index (κ1) is 15.9. The summed E-state index contributed by atoms with van der Waals surface area (Å²) in [6, 6.07) is 0. The highest BCUT2D eigenvalue weighted by Crippen LogP contribution is 1.95. The van der Waals surface area contributed by atoms with Crippen LogP contribution in [-0.2, 0) is 9.47 Å². The van der Waals surface area contributed by atoms with Gasteiger partial charge in [-0.25, -0.2) is 0 Å². The highest BCUT2D eigenvalue weighted by molar-refractivity contribution is 6.33. The van der Waals surface area contributed by atoms with Crippen LogP contribution in [0.15, 0.2) is 0 Å². The molecule has 0 aliphatic heterocycles. The summed E-state index contributed by atoms with van der Waals surface area (Å²) in [5.41, 5.74) is 0. The molecule has 0 aliphatic carbocycles. The monoisotopic (exact) mass is 228 g/mol. The van der Waals surface area contributed by atoms with E-state index in [1.54, 1.807) is 0 Å². The molecule has 1 N–H and O–H groups in total. The Balaban J connectivity index is 2.83. The van der Waals surface area contributed by atoms with E-state index in [4.69, 9.17) is 9.47 Å². The molecule has 0 saturated carbocycles. The van der Waals surface area contributed by atoms with E-state index in [2.05, 4.69) is 26.3 Å². The first-order valence-corrected chi connectivity index (χ1v) is 6.55. The lowest BCUT2D eigenvalue weighted by molar-refractivity contribution is 0.0478. The van der Waals surface area contributed by atoms with Crippen molar-refractivity contribution in [2.45, 2.75) is 39.3 Å². The van der Waals surface area contributed by atoms with Crippen LogP contribution in [0.2, 0.25) is 13.1 Å². The standard InChI is InChI=1S/C12H27BNO2/c1-3-7-14-8-10-16-12-11-15-9-5-4-6-13-2/h14H,3-12H2,1-2H3. The van der Waals surface area contributed by atoms with Gasteiger partial charge >= 0.3 is 0 Å². The largest absolute Gasteiger partial charge is 0.379 e. The second-order valence-electron chi connectivity index (χ2n) is 3.88. The van der Waals surface area contributed by atoms with E-state index in [9.17, 15) is 0 Å². The maximum Gasteiger partial charge on any atom is 0.105 e. The van der Waals surface area contributed by atoms with E-state index < -0.39 is 0 Å². The highest BCUT2D eigenvalue weighted by Gasteiger charge is 1.91. The van der Waals surface area contributed by atoms with Crippen LogP contribution in [0.3, 0.4) is 0 Å². The zero-order valence-electron chi connectivity index (χ0n) is 11.0. The minimum absolute atomic E-state index is 0.716. The Morgan fingerprint density at radius 2 is 1.69 bits per heavy atom. The van der Waals surface area contributed by atoms with Crippen LogP contribution in [-0.4, -0.2) is 46.8 Å². The fourth-order valence-electron chi connectivity index (χ4n) is 1.32. The number of rotatable bonds is 13. The molecule has 0 aromatic rings. The molecule has 0 aromatic heterocycles. The summed E-state index contributed by atoms with van der Waals surface area (Å²) in [4.78, 5) is 0. The average molecular weight is 228 g/mol. The predicted octanol–water partition coefficient (Wildman–Crippen LogP) is 1.97. The third-order valence-electron chi connectivity index (χ3n) is 2.25. The lowest BCUT2D eigenvalue weighted by Crippen LogP contribution is -2.21. The van der Waals surface area contributed by atoms with Crippen LogP contribution in [0, 0.1) is 0 Å². The van der Waals surface area contributed by atoms with E-state index in [-0.39, 0.29) is 0 Å². The minimum Gasteiger partial charge on any atom is -0.379 e. The van der Waals surface area contributed by atoms with Crippen molar-refractivity contribution in [2.75, 3.05) is 39.5 Å². The summed E-state index contributed by atoms with van der Waals surface area (Å²) in [5, 5.41) is 3.29. The summed E-state index contributed by atoms with van der Waals surface area (Å²) >= 11 is 0. The van der Waals surface area contributed by atoms with Crippen molar-refractivity contribution >= 4 is 7.28 Å². The molecular weight excluding hydrogens is 201 g/mol. The van der Waals surface area contributed by atoms with Gasteiger partial charge in [-0.1, -0.05) is 26.5 Å². The summed E-state index contributed by atoms with van der Waals surface area (Å²) in [6.07, 6.45) is 4.77. The van der Waals surface area contributed by atoms with Crippen molar-refractivity contribution in [1.82, 2.24) is 5.32 Å². The van der Waals surface area contributed by atoms with E-state index >= 15 is 0 Å². The van der Waals surface area contributed by atoms with Crippen molar-refractivity contribution in [2.24, 2.45) is 0 Å². The van der Waals surface area contributed by atoms with Crippen LogP contribution in [0.5, 0.6) is 0 Å². The SMILES string of the molecule is C[B]CCCCOCCOCCNCCC. The van der Waals surface area contributed by atoms with Crippen molar-refractivity contribution in [3.8, 4) is 0 Å². The van der Waals surface area contributed by atoms with Gasteiger partial charge in [-0.05, 0) is 19.4 Å². The van der Waals surface area contributed by atoms with Crippen molar-refractivity contribution < 1.29 is 9.47 Å². The summed E-state index contributed by atoms with van der Waals surface area (Å²) in [7, 11) is 2.20. The van der Waals surface area contributed by atoms with Gasteiger partial charge < -0.3 is 14.8 Å². The smallest absolute Gasteiger partial charge is 0.105 e. The molecule has 0 heterocycles. The van der Waals surface area contributed by atoms with Crippen LogP contribution >= 0.6 is 0 Å².